The summed E-state index contributed by atoms with van der Waals surface area (Å²) in [6.07, 6.45) is 4.98. The molecule has 2 heterocycles. The van der Waals surface area contributed by atoms with Gasteiger partial charge in [-0.25, -0.2) is 0 Å². The van der Waals surface area contributed by atoms with Crippen molar-refractivity contribution >= 4 is 22.5 Å². The number of para-hydroxylation sites is 1. The van der Waals surface area contributed by atoms with Crippen LogP contribution in [0.4, 0.5) is 5.69 Å². The first kappa shape index (κ1) is 24.9. The number of amides is 1. The van der Waals surface area contributed by atoms with Crippen LogP contribution >= 0.6 is 0 Å². The fourth-order valence-corrected chi connectivity index (χ4v) is 5.13. The molecular formula is C31H33N3O3. The van der Waals surface area contributed by atoms with E-state index in [0.717, 1.165) is 47.8 Å². The van der Waals surface area contributed by atoms with Gasteiger partial charge in [-0.3, -0.25) is 20.1 Å². The van der Waals surface area contributed by atoms with E-state index in [1.807, 2.05) is 65.7 Å². The average Bonchev–Trinajstić information content (AvgIpc) is 2.96. The van der Waals surface area contributed by atoms with Gasteiger partial charge in [-0.05, 0) is 60.7 Å². The molecule has 1 aromatic heterocycles. The fraction of sp³-hybridized carbons (Fsp3) is 0.290. The lowest BCUT2D eigenvalue weighted by Crippen LogP contribution is -2.45. The summed E-state index contributed by atoms with van der Waals surface area (Å²) in [5.74, 6) is 0.0298. The van der Waals surface area contributed by atoms with Crippen molar-refractivity contribution in [2.45, 2.75) is 25.7 Å². The molecule has 6 nitrogen and oxygen atoms in total. The van der Waals surface area contributed by atoms with Crippen molar-refractivity contribution in [2.75, 3.05) is 31.8 Å². The Bertz CT molecular complexity index is 1310. The van der Waals surface area contributed by atoms with Crippen molar-refractivity contribution in [3.8, 4) is 0 Å². The molecule has 1 saturated heterocycles. The van der Waals surface area contributed by atoms with Crippen LogP contribution < -0.4 is 5.48 Å². The molecule has 190 valence electrons. The Balaban J connectivity index is 1.10. The van der Waals surface area contributed by atoms with Crippen LogP contribution in [0.2, 0.25) is 0 Å². The molecule has 1 aliphatic heterocycles. The Morgan fingerprint density at radius 1 is 0.946 bits per heavy atom. The fourth-order valence-electron chi connectivity index (χ4n) is 5.13. The second-order valence-corrected chi connectivity index (χ2v) is 9.88. The molecule has 1 amide bonds. The number of hydrogen-bond donors (Lipinski definition) is 2. The molecule has 4 aromatic rings. The van der Waals surface area contributed by atoms with Gasteiger partial charge < -0.3 is 10.0 Å². The first-order valence-electron chi connectivity index (χ1n) is 12.9. The highest BCUT2D eigenvalue weighted by molar-refractivity contribution is 5.94. The topological polar surface area (TPSA) is 74.7 Å². The summed E-state index contributed by atoms with van der Waals surface area (Å²) in [6.45, 7) is 1.94. The molecule has 6 heteroatoms. The summed E-state index contributed by atoms with van der Waals surface area (Å²) in [7, 11) is 0. The maximum absolute atomic E-state index is 13.1. The maximum Gasteiger partial charge on any atom is 0.253 e. The van der Waals surface area contributed by atoms with Crippen molar-refractivity contribution in [2.24, 2.45) is 5.41 Å². The standard InChI is InChI=1S/C31H33N3O3/c35-23-31(22-24-6-2-1-3-7-24)16-19-34(20-17-31)30(36)27-11-13-28(14-12-27)33-37-21-15-26-9-4-8-25-10-5-18-32-29(25)26/h1-14,18,33,35H,15-17,19-23H2. The van der Waals surface area contributed by atoms with Crippen LogP contribution in [0.5, 0.6) is 0 Å². The number of piperidine rings is 1. The minimum atomic E-state index is -0.161. The van der Waals surface area contributed by atoms with Gasteiger partial charge in [0.2, 0.25) is 0 Å². The van der Waals surface area contributed by atoms with E-state index in [2.05, 4.69) is 40.8 Å². The molecule has 0 unspecified atom stereocenters. The summed E-state index contributed by atoms with van der Waals surface area (Å²) in [6, 6.07) is 27.9. The van der Waals surface area contributed by atoms with E-state index in [4.69, 9.17) is 4.84 Å². The average molecular weight is 496 g/mol. The molecule has 0 atom stereocenters. The largest absolute Gasteiger partial charge is 0.396 e. The van der Waals surface area contributed by atoms with Crippen LogP contribution in [0.3, 0.4) is 0 Å². The van der Waals surface area contributed by atoms with Gasteiger partial charge in [0.05, 0.1) is 17.8 Å². The van der Waals surface area contributed by atoms with Gasteiger partial charge in [-0.15, -0.1) is 0 Å². The Morgan fingerprint density at radius 3 is 2.46 bits per heavy atom. The van der Waals surface area contributed by atoms with Gasteiger partial charge in [0.25, 0.3) is 5.91 Å². The zero-order valence-electron chi connectivity index (χ0n) is 21.0. The number of carbonyl (C=O) groups excluding carboxylic acids is 1. The molecule has 0 bridgehead atoms. The Morgan fingerprint density at radius 2 is 1.70 bits per heavy atom. The molecule has 0 spiro atoms. The smallest absolute Gasteiger partial charge is 0.253 e. The molecule has 2 N–H and O–H groups in total. The number of anilines is 1. The summed E-state index contributed by atoms with van der Waals surface area (Å²) in [4.78, 5) is 25.2. The second-order valence-electron chi connectivity index (χ2n) is 9.88. The van der Waals surface area contributed by atoms with Crippen molar-refractivity contribution < 1.29 is 14.7 Å². The first-order valence-corrected chi connectivity index (χ1v) is 12.9. The second kappa shape index (κ2) is 11.5. The van der Waals surface area contributed by atoms with Crippen molar-refractivity contribution in [1.29, 1.82) is 0 Å². The van der Waals surface area contributed by atoms with Crippen LogP contribution in [-0.4, -0.2) is 47.2 Å². The molecule has 1 aliphatic rings. The number of hydrogen-bond acceptors (Lipinski definition) is 5. The Kier molecular flexibility index (Phi) is 7.78. The highest BCUT2D eigenvalue weighted by Crippen LogP contribution is 2.35. The van der Waals surface area contributed by atoms with Gasteiger partial charge in [0.1, 0.15) is 0 Å². The molecule has 3 aromatic carbocycles. The number of aromatic nitrogens is 1. The third-order valence-corrected chi connectivity index (χ3v) is 7.38. The third-order valence-electron chi connectivity index (χ3n) is 7.38. The van der Waals surface area contributed by atoms with Crippen LogP contribution in [0.1, 0.15) is 34.3 Å². The zero-order chi connectivity index (χ0) is 25.5. The van der Waals surface area contributed by atoms with E-state index >= 15 is 0 Å². The molecule has 1 fully saturated rings. The van der Waals surface area contributed by atoms with Gasteiger partial charge in [0.15, 0.2) is 0 Å². The monoisotopic (exact) mass is 495 g/mol. The van der Waals surface area contributed by atoms with Crippen LogP contribution in [0.15, 0.2) is 91.1 Å². The van der Waals surface area contributed by atoms with Gasteiger partial charge in [0, 0.05) is 48.7 Å². The lowest BCUT2D eigenvalue weighted by molar-refractivity contribution is 0.0358. The molecule has 0 aliphatic carbocycles. The summed E-state index contributed by atoms with van der Waals surface area (Å²) in [5, 5.41) is 11.3. The minimum absolute atomic E-state index is 0.0298. The third kappa shape index (κ3) is 5.98. The highest BCUT2D eigenvalue weighted by Gasteiger charge is 2.35. The van der Waals surface area contributed by atoms with E-state index in [9.17, 15) is 9.90 Å². The maximum atomic E-state index is 13.1. The number of benzene rings is 3. The molecule has 0 saturated carbocycles. The van der Waals surface area contributed by atoms with E-state index in [1.165, 1.54) is 5.56 Å². The van der Waals surface area contributed by atoms with E-state index in [1.54, 1.807) is 0 Å². The first-order chi connectivity index (χ1) is 18.2. The van der Waals surface area contributed by atoms with E-state index in [0.29, 0.717) is 25.3 Å². The summed E-state index contributed by atoms with van der Waals surface area (Å²) >= 11 is 0. The molecule has 5 rings (SSSR count). The zero-order valence-corrected chi connectivity index (χ0v) is 21.0. The number of aliphatic hydroxyl groups excluding tert-OH is 1. The Labute approximate surface area is 217 Å². The van der Waals surface area contributed by atoms with Crippen LogP contribution in [0, 0.1) is 5.41 Å². The number of nitrogens with zero attached hydrogens (tertiary/aromatic N) is 2. The van der Waals surface area contributed by atoms with Gasteiger partial charge >= 0.3 is 0 Å². The van der Waals surface area contributed by atoms with Crippen molar-refractivity contribution in [3.05, 3.63) is 108 Å². The van der Waals surface area contributed by atoms with E-state index < -0.39 is 0 Å². The quantitative estimate of drug-likeness (QED) is 0.244. The molecular weight excluding hydrogens is 462 g/mol. The summed E-state index contributed by atoms with van der Waals surface area (Å²) < 4.78 is 0. The number of carbonyl (C=O) groups is 1. The van der Waals surface area contributed by atoms with E-state index in [-0.39, 0.29) is 17.9 Å². The predicted octanol–water partition coefficient (Wildman–Crippen LogP) is 5.28. The predicted molar refractivity (Wildman–Crippen MR) is 146 cm³/mol. The lowest BCUT2D eigenvalue weighted by atomic mass is 9.74. The Hall–Kier alpha value is -3.74. The van der Waals surface area contributed by atoms with Gasteiger partial charge in [-0.1, -0.05) is 54.6 Å². The van der Waals surface area contributed by atoms with Gasteiger partial charge in [-0.2, -0.15) is 0 Å². The number of aliphatic hydroxyl groups is 1. The normalized spacial score (nSPS) is 15.0. The van der Waals surface area contributed by atoms with Crippen molar-refractivity contribution in [1.82, 2.24) is 9.88 Å². The summed E-state index contributed by atoms with van der Waals surface area (Å²) in [5.41, 5.74) is 7.66. The van der Waals surface area contributed by atoms with Crippen molar-refractivity contribution in [3.63, 3.8) is 0 Å². The number of nitrogens with one attached hydrogen (secondary N) is 1. The number of pyridine rings is 1. The number of likely N-dealkylation sites (tertiary alicyclic amines) is 1. The number of rotatable bonds is 9. The molecule has 37 heavy (non-hydrogen) atoms. The number of fused-ring (bicyclic) bond motifs is 1. The van der Waals surface area contributed by atoms with Crippen LogP contribution in [0.25, 0.3) is 10.9 Å². The highest BCUT2D eigenvalue weighted by atomic mass is 16.6. The molecule has 0 radical (unpaired) electrons. The minimum Gasteiger partial charge on any atom is -0.396 e. The lowest BCUT2D eigenvalue weighted by Gasteiger charge is -2.41. The van der Waals surface area contributed by atoms with Crippen LogP contribution in [-0.2, 0) is 17.7 Å². The SMILES string of the molecule is O=C(c1ccc(NOCCc2cccc3cccnc23)cc1)N1CCC(CO)(Cc2ccccc2)CC1.